The number of hydrogen-bond donors (Lipinski definition) is 3. The summed E-state index contributed by atoms with van der Waals surface area (Å²) in [7, 11) is 1.84. The highest BCUT2D eigenvalue weighted by molar-refractivity contribution is 5.89. The molecular weight excluding hydrogens is 518 g/mol. The number of aliphatic carboxylic acids is 1. The van der Waals surface area contributed by atoms with Gasteiger partial charge in [-0.25, -0.2) is 9.59 Å². The van der Waals surface area contributed by atoms with Crippen molar-refractivity contribution < 1.29 is 24.2 Å². The molecule has 0 aromatic heterocycles. The Balaban J connectivity index is 1.46. The fraction of sp³-hybridized carbons (Fsp3) is 0.303. The van der Waals surface area contributed by atoms with Crippen LogP contribution in [0.15, 0.2) is 90.5 Å². The molecule has 0 bridgehead atoms. The average molecular weight is 556 g/mol. The van der Waals surface area contributed by atoms with Crippen molar-refractivity contribution >= 4 is 18.0 Å². The summed E-state index contributed by atoms with van der Waals surface area (Å²) in [5.41, 5.74) is 6.40. The van der Waals surface area contributed by atoms with Gasteiger partial charge in [0.1, 0.15) is 18.7 Å². The zero-order valence-corrected chi connectivity index (χ0v) is 23.7. The van der Waals surface area contributed by atoms with Crippen LogP contribution in [0.2, 0.25) is 0 Å². The summed E-state index contributed by atoms with van der Waals surface area (Å²) in [6.07, 6.45) is 1.16. The summed E-state index contributed by atoms with van der Waals surface area (Å²) in [4.78, 5) is 40.1. The fourth-order valence-electron chi connectivity index (χ4n) is 5.10. The molecule has 2 unspecified atom stereocenters. The molecule has 4 rings (SSSR count). The van der Waals surface area contributed by atoms with Crippen molar-refractivity contribution in [2.24, 2.45) is 0 Å². The minimum Gasteiger partial charge on any atom is -0.480 e. The third-order valence-corrected chi connectivity index (χ3v) is 7.12. The summed E-state index contributed by atoms with van der Waals surface area (Å²) in [6, 6.07) is 23.7. The molecule has 1 aliphatic rings. The molecular formula is C33H37N3O5. The molecule has 3 N–H and O–H groups in total. The lowest BCUT2D eigenvalue weighted by molar-refractivity contribution is -0.142. The van der Waals surface area contributed by atoms with Gasteiger partial charge in [0.25, 0.3) is 0 Å². The van der Waals surface area contributed by atoms with E-state index in [1.807, 2.05) is 92.5 Å². The largest absolute Gasteiger partial charge is 0.480 e. The Morgan fingerprint density at radius 2 is 1.46 bits per heavy atom. The Morgan fingerprint density at radius 1 is 0.878 bits per heavy atom. The van der Waals surface area contributed by atoms with Crippen LogP contribution < -0.4 is 10.6 Å². The van der Waals surface area contributed by atoms with Gasteiger partial charge in [-0.05, 0) is 55.1 Å². The van der Waals surface area contributed by atoms with Crippen LogP contribution in [0.5, 0.6) is 0 Å². The summed E-state index contributed by atoms with van der Waals surface area (Å²) in [6.45, 7) is 4.52. The van der Waals surface area contributed by atoms with E-state index in [4.69, 9.17) is 4.74 Å². The van der Waals surface area contributed by atoms with Gasteiger partial charge in [-0.1, -0.05) is 90.5 Å². The van der Waals surface area contributed by atoms with E-state index < -0.39 is 30.1 Å². The number of fused-ring (bicyclic) bond motifs is 3. The van der Waals surface area contributed by atoms with Gasteiger partial charge >= 0.3 is 12.1 Å². The first-order valence-electron chi connectivity index (χ1n) is 13.7. The predicted octanol–water partition coefficient (Wildman–Crippen LogP) is 4.95. The van der Waals surface area contributed by atoms with E-state index in [0.717, 1.165) is 33.4 Å². The second kappa shape index (κ2) is 13.8. The van der Waals surface area contributed by atoms with Crippen molar-refractivity contribution in [3.05, 3.63) is 107 Å². The number of carboxylic acid groups (broad SMARTS) is 1. The third-order valence-electron chi connectivity index (χ3n) is 7.12. The number of carboxylic acids is 1. The smallest absolute Gasteiger partial charge is 0.407 e. The SMILES string of the molecule is CC(C)=CCC(NC(=O)C(CN(C)Cc1ccccc1)NC(=O)OCC1c2ccccc2-c2ccccc21)C(=O)O. The van der Waals surface area contributed by atoms with E-state index in [2.05, 4.69) is 22.8 Å². The van der Waals surface area contributed by atoms with Crippen molar-refractivity contribution in [2.45, 2.75) is 44.8 Å². The predicted molar refractivity (Wildman–Crippen MR) is 158 cm³/mol. The Bertz CT molecular complexity index is 1360. The van der Waals surface area contributed by atoms with Crippen LogP contribution in [-0.4, -0.2) is 60.3 Å². The number of benzene rings is 3. The van der Waals surface area contributed by atoms with Crippen molar-refractivity contribution in [3.63, 3.8) is 0 Å². The Kier molecular flexibility index (Phi) is 9.92. The number of carbonyl (C=O) groups is 3. The number of nitrogens with zero attached hydrogens (tertiary/aromatic N) is 1. The number of amides is 2. The number of carbonyl (C=O) groups excluding carboxylic acids is 2. The zero-order chi connectivity index (χ0) is 29.4. The number of nitrogens with one attached hydrogen (secondary N) is 2. The molecule has 8 nitrogen and oxygen atoms in total. The molecule has 2 amide bonds. The van der Waals surface area contributed by atoms with Crippen LogP contribution in [0.1, 0.15) is 42.9 Å². The van der Waals surface area contributed by atoms with Crippen LogP contribution in [0.3, 0.4) is 0 Å². The highest BCUT2D eigenvalue weighted by atomic mass is 16.5. The molecule has 8 heteroatoms. The highest BCUT2D eigenvalue weighted by Gasteiger charge is 2.31. The molecule has 2 atom stereocenters. The first-order chi connectivity index (χ1) is 19.7. The Hall–Kier alpha value is -4.43. The maximum atomic E-state index is 13.3. The summed E-state index contributed by atoms with van der Waals surface area (Å²) >= 11 is 0. The lowest BCUT2D eigenvalue weighted by Crippen LogP contribution is -2.55. The second-order valence-corrected chi connectivity index (χ2v) is 10.6. The van der Waals surface area contributed by atoms with E-state index in [0.29, 0.717) is 6.54 Å². The minimum absolute atomic E-state index is 0.104. The molecule has 0 saturated carbocycles. The average Bonchev–Trinajstić information content (AvgIpc) is 3.27. The summed E-state index contributed by atoms with van der Waals surface area (Å²) in [5.74, 6) is -1.86. The number of hydrogen-bond acceptors (Lipinski definition) is 5. The molecule has 0 spiro atoms. The number of likely N-dealkylation sites (N-methyl/N-ethyl adjacent to an activating group) is 1. The quantitative estimate of drug-likeness (QED) is 0.273. The van der Waals surface area contributed by atoms with Crippen LogP contribution in [0.25, 0.3) is 11.1 Å². The molecule has 0 fully saturated rings. The summed E-state index contributed by atoms with van der Waals surface area (Å²) < 4.78 is 5.68. The first kappa shape index (κ1) is 29.6. The van der Waals surface area contributed by atoms with E-state index >= 15 is 0 Å². The summed E-state index contributed by atoms with van der Waals surface area (Å²) in [5, 5.41) is 15.0. The third kappa shape index (κ3) is 7.83. The molecule has 3 aromatic rings. The van der Waals surface area contributed by atoms with Gasteiger partial charge in [-0.15, -0.1) is 0 Å². The van der Waals surface area contributed by atoms with Crippen LogP contribution in [0.4, 0.5) is 4.79 Å². The van der Waals surface area contributed by atoms with E-state index in [1.54, 1.807) is 6.08 Å². The van der Waals surface area contributed by atoms with Crippen molar-refractivity contribution in [1.29, 1.82) is 0 Å². The topological polar surface area (TPSA) is 108 Å². The number of ether oxygens (including phenoxy) is 1. The fourth-order valence-corrected chi connectivity index (χ4v) is 5.10. The molecule has 0 saturated heterocycles. The number of rotatable bonds is 12. The molecule has 41 heavy (non-hydrogen) atoms. The van der Waals surface area contributed by atoms with Crippen molar-refractivity contribution in [2.75, 3.05) is 20.2 Å². The number of allylic oxidation sites excluding steroid dienone is 1. The van der Waals surface area contributed by atoms with E-state index in [9.17, 15) is 19.5 Å². The van der Waals surface area contributed by atoms with Gasteiger partial charge in [-0.3, -0.25) is 9.69 Å². The lowest BCUT2D eigenvalue weighted by Gasteiger charge is -2.26. The van der Waals surface area contributed by atoms with Gasteiger partial charge < -0.3 is 20.5 Å². The van der Waals surface area contributed by atoms with Crippen LogP contribution in [0, 0.1) is 0 Å². The van der Waals surface area contributed by atoms with Gasteiger partial charge in [-0.2, -0.15) is 0 Å². The Labute approximate surface area is 241 Å². The van der Waals surface area contributed by atoms with Crippen molar-refractivity contribution in [1.82, 2.24) is 15.5 Å². The van der Waals surface area contributed by atoms with Crippen molar-refractivity contribution in [3.8, 4) is 11.1 Å². The molecule has 1 aliphatic carbocycles. The van der Waals surface area contributed by atoms with Gasteiger partial charge in [0, 0.05) is 19.0 Å². The zero-order valence-electron chi connectivity index (χ0n) is 23.7. The maximum absolute atomic E-state index is 13.3. The van der Waals surface area contributed by atoms with Crippen LogP contribution >= 0.6 is 0 Å². The Morgan fingerprint density at radius 3 is 2.05 bits per heavy atom. The van der Waals surface area contributed by atoms with Gasteiger partial charge in [0.05, 0.1) is 0 Å². The normalized spacial score (nSPS) is 13.5. The van der Waals surface area contributed by atoms with Gasteiger partial charge in [0.15, 0.2) is 0 Å². The van der Waals surface area contributed by atoms with E-state index in [1.165, 1.54) is 0 Å². The second-order valence-electron chi connectivity index (χ2n) is 10.6. The van der Waals surface area contributed by atoms with Crippen LogP contribution in [-0.2, 0) is 20.9 Å². The highest BCUT2D eigenvalue weighted by Crippen LogP contribution is 2.44. The number of alkyl carbamates (subject to hydrolysis) is 1. The monoisotopic (exact) mass is 555 g/mol. The molecule has 0 heterocycles. The standard InChI is InChI=1S/C33H37N3O5/c1-22(2)17-18-29(32(38)39)34-31(37)30(20-36(3)19-23-11-5-4-6-12-23)35-33(40)41-21-28-26-15-9-7-13-24(26)25-14-8-10-16-27(25)28/h4-17,28-30H,18-21H2,1-3H3,(H,34,37)(H,35,40)(H,38,39). The maximum Gasteiger partial charge on any atom is 0.407 e. The lowest BCUT2D eigenvalue weighted by atomic mass is 9.98. The molecule has 0 radical (unpaired) electrons. The molecule has 214 valence electrons. The molecule has 0 aliphatic heterocycles. The van der Waals surface area contributed by atoms with Gasteiger partial charge in [0.2, 0.25) is 5.91 Å². The molecule has 3 aromatic carbocycles. The first-order valence-corrected chi connectivity index (χ1v) is 13.7. The van der Waals surface area contributed by atoms with E-state index in [-0.39, 0.29) is 25.5 Å². The minimum atomic E-state index is -1.15.